The zero-order valence-electron chi connectivity index (χ0n) is 15.2. The van der Waals surface area contributed by atoms with Crippen LogP contribution in [-0.2, 0) is 13.0 Å². The molecule has 26 heavy (non-hydrogen) atoms. The number of thiophene rings is 1. The molecule has 0 unspecified atom stereocenters. The molecule has 134 valence electrons. The van der Waals surface area contributed by atoms with Crippen LogP contribution < -0.4 is 5.32 Å². The summed E-state index contributed by atoms with van der Waals surface area (Å²) in [6.07, 6.45) is 0.973. The molecule has 0 spiro atoms. The van der Waals surface area contributed by atoms with Crippen LogP contribution >= 0.6 is 23.6 Å². The Balaban J connectivity index is 1.70. The molecular weight excluding hydrogens is 356 g/mol. The summed E-state index contributed by atoms with van der Waals surface area (Å²) >= 11 is 7.57. The molecule has 0 radical (unpaired) electrons. The van der Waals surface area contributed by atoms with Crippen molar-refractivity contribution in [2.75, 3.05) is 11.9 Å². The molecule has 3 rings (SSSR count). The largest absolute Gasteiger partial charge is 0.344 e. The molecule has 0 aliphatic heterocycles. The second-order valence-corrected chi connectivity index (χ2v) is 8.22. The fourth-order valence-electron chi connectivity index (χ4n) is 2.76. The number of hydrogen-bond donors (Lipinski definition) is 1. The van der Waals surface area contributed by atoms with Gasteiger partial charge >= 0.3 is 0 Å². The van der Waals surface area contributed by atoms with Crippen molar-refractivity contribution in [2.45, 2.75) is 26.8 Å². The number of benzene rings is 2. The van der Waals surface area contributed by atoms with Gasteiger partial charge in [0.15, 0.2) is 5.11 Å². The Bertz CT molecular complexity index is 838. The predicted octanol–water partition coefficient (Wildman–Crippen LogP) is 5.81. The van der Waals surface area contributed by atoms with Crippen molar-refractivity contribution >= 4 is 34.4 Å². The van der Waals surface area contributed by atoms with Gasteiger partial charge in [-0.05, 0) is 62.3 Å². The molecule has 0 aliphatic rings. The van der Waals surface area contributed by atoms with E-state index in [9.17, 15) is 0 Å². The van der Waals surface area contributed by atoms with Gasteiger partial charge in [0.2, 0.25) is 0 Å². The maximum absolute atomic E-state index is 5.73. The van der Waals surface area contributed by atoms with E-state index in [1.165, 1.54) is 20.9 Å². The van der Waals surface area contributed by atoms with Crippen molar-refractivity contribution in [3.63, 3.8) is 0 Å². The van der Waals surface area contributed by atoms with Crippen LogP contribution in [0.4, 0.5) is 5.69 Å². The van der Waals surface area contributed by atoms with Gasteiger partial charge in [-0.2, -0.15) is 0 Å². The van der Waals surface area contributed by atoms with E-state index in [4.69, 9.17) is 12.2 Å². The van der Waals surface area contributed by atoms with Gasteiger partial charge in [0.25, 0.3) is 0 Å². The van der Waals surface area contributed by atoms with E-state index < -0.39 is 0 Å². The van der Waals surface area contributed by atoms with Crippen molar-refractivity contribution in [3.05, 3.63) is 87.6 Å². The maximum Gasteiger partial charge on any atom is 0.173 e. The van der Waals surface area contributed by atoms with Gasteiger partial charge in [0.1, 0.15) is 0 Å². The van der Waals surface area contributed by atoms with Crippen molar-refractivity contribution in [2.24, 2.45) is 0 Å². The monoisotopic (exact) mass is 380 g/mol. The molecule has 0 amide bonds. The van der Waals surface area contributed by atoms with Gasteiger partial charge in [-0.3, -0.25) is 0 Å². The zero-order valence-corrected chi connectivity index (χ0v) is 16.9. The molecule has 0 aliphatic carbocycles. The molecule has 0 fully saturated rings. The van der Waals surface area contributed by atoms with Gasteiger partial charge in [0, 0.05) is 22.0 Å². The summed E-state index contributed by atoms with van der Waals surface area (Å²) in [5, 5.41) is 4.17. The Labute approximate surface area is 165 Å². The normalized spacial score (nSPS) is 10.5. The number of nitrogens with zero attached hydrogens (tertiary/aromatic N) is 1. The quantitative estimate of drug-likeness (QED) is 0.544. The number of thiocarbonyl (C=S) groups is 1. The minimum atomic E-state index is 0.774. The number of rotatable bonds is 6. The summed E-state index contributed by atoms with van der Waals surface area (Å²) in [6.45, 7) is 5.96. The molecule has 0 saturated heterocycles. The van der Waals surface area contributed by atoms with Gasteiger partial charge in [-0.15, -0.1) is 11.3 Å². The van der Waals surface area contributed by atoms with Crippen LogP contribution in [0, 0.1) is 13.8 Å². The lowest BCUT2D eigenvalue weighted by Gasteiger charge is -2.25. The zero-order chi connectivity index (χ0) is 18.4. The van der Waals surface area contributed by atoms with E-state index >= 15 is 0 Å². The highest BCUT2D eigenvalue weighted by atomic mass is 32.1. The first-order valence-corrected chi connectivity index (χ1v) is 10.0. The first kappa shape index (κ1) is 18.6. The highest BCUT2D eigenvalue weighted by molar-refractivity contribution is 7.80. The highest BCUT2D eigenvalue weighted by Gasteiger charge is 2.12. The minimum absolute atomic E-state index is 0.774. The van der Waals surface area contributed by atoms with E-state index in [0.29, 0.717) is 0 Å². The van der Waals surface area contributed by atoms with Gasteiger partial charge < -0.3 is 10.2 Å². The van der Waals surface area contributed by atoms with Crippen LogP contribution in [0.1, 0.15) is 20.9 Å². The average Bonchev–Trinajstić information content (AvgIpc) is 3.06. The van der Waals surface area contributed by atoms with E-state index in [0.717, 1.165) is 30.3 Å². The fraction of sp³-hybridized carbons (Fsp3) is 0.227. The van der Waals surface area contributed by atoms with Gasteiger partial charge in [0.05, 0.1) is 6.54 Å². The van der Waals surface area contributed by atoms with Gasteiger partial charge in [-0.25, -0.2) is 0 Å². The third-order valence-corrected chi connectivity index (χ3v) is 5.59. The maximum atomic E-state index is 5.73. The van der Waals surface area contributed by atoms with Crippen LogP contribution in [-0.4, -0.2) is 16.6 Å². The summed E-state index contributed by atoms with van der Waals surface area (Å²) in [7, 11) is 0. The number of hydrogen-bond acceptors (Lipinski definition) is 2. The van der Waals surface area contributed by atoms with Crippen LogP contribution in [0.5, 0.6) is 0 Å². The first-order valence-electron chi connectivity index (χ1n) is 8.82. The molecule has 0 saturated carbocycles. The second-order valence-electron chi connectivity index (χ2n) is 6.47. The summed E-state index contributed by atoms with van der Waals surface area (Å²) in [5.41, 5.74) is 3.61. The molecule has 0 atom stereocenters. The van der Waals surface area contributed by atoms with E-state index in [2.05, 4.69) is 90.8 Å². The second kappa shape index (κ2) is 8.97. The Morgan fingerprint density at radius 2 is 1.69 bits per heavy atom. The number of anilines is 1. The Kier molecular flexibility index (Phi) is 6.42. The first-order chi connectivity index (χ1) is 12.6. The molecule has 4 heteroatoms. The Morgan fingerprint density at radius 3 is 2.35 bits per heavy atom. The van der Waals surface area contributed by atoms with Crippen molar-refractivity contribution in [3.8, 4) is 0 Å². The lowest BCUT2D eigenvalue weighted by molar-refractivity contribution is 0.427. The third kappa shape index (κ3) is 5.41. The molecular formula is C22H24N2S2. The minimum Gasteiger partial charge on any atom is -0.344 e. The van der Waals surface area contributed by atoms with Crippen LogP contribution in [0.2, 0.25) is 0 Å². The summed E-state index contributed by atoms with van der Waals surface area (Å²) in [4.78, 5) is 4.93. The average molecular weight is 381 g/mol. The van der Waals surface area contributed by atoms with Crippen LogP contribution in [0.3, 0.4) is 0 Å². The lowest BCUT2D eigenvalue weighted by atomic mass is 10.1. The van der Waals surface area contributed by atoms with Crippen LogP contribution in [0.15, 0.2) is 66.7 Å². The molecule has 1 aromatic heterocycles. The van der Waals surface area contributed by atoms with Crippen molar-refractivity contribution in [1.82, 2.24) is 4.90 Å². The van der Waals surface area contributed by atoms with Crippen molar-refractivity contribution in [1.29, 1.82) is 0 Å². The fourth-order valence-corrected chi connectivity index (χ4v) is 3.94. The molecule has 2 aromatic carbocycles. The lowest BCUT2D eigenvalue weighted by Crippen LogP contribution is -2.35. The van der Waals surface area contributed by atoms with Crippen molar-refractivity contribution < 1.29 is 0 Å². The Morgan fingerprint density at radius 1 is 0.962 bits per heavy atom. The molecule has 2 nitrogen and oxygen atoms in total. The SMILES string of the molecule is Cc1ccc(NC(=S)N(CCc2ccccc2)Cc2ccc(C)s2)cc1. The number of nitrogens with one attached hydrogen (secondary N) is 1. The van der Waals surface area contributed by atoms with E-state index in [-0.39, 0.29) is 0 Å². The molecule has 3 aromatic rings. The number of aryl methyl sites for hydroxylation is 2. The molecule has 0 bridgehead atoms. The summed E-state index contributed by atoms with van der Waals surface area (Å²) in [6, 6.07) is 23.3. The summed E-state index contributed by atoms with van der Waals surface area (Å²) < 4.78 is 0. The summed E-state index contributed by atoms with van der Waals surface area (Å²) in [5.74, 6) is 0. The van der Waals surface area contributed by atoms with E-state index in [1.807, 2.05) is 11.3 Å². The standard InChI is InChI=1S/C22H24N2S2/c1-17-8-11-20(12-9-17)23-22(25)24(16-21-13-10-18(2)26-21)15-14-19-6-4-3-5-7-19/h3-13H,14-16H2,1-2H3,(H,23,25). The smallest absolute Gasteiger partial charge is 0.173 e. The highest BCUT2D eigenvalue weighted by Crippen LogP contribution is 2.19. The molecule has 1 heterocycles. The topological polar surface area (TPSA) is 15.3 Å². The Hall–Kier alpha value is -2.17. The van der Waals surface area contributed by atoms with E-state index in [1.54, 1.807) is 0 Å². The van der Waals surface area contributed by atoms with Gasteiger partial charge in [-0.1, -0.05) is 48.0 Å². The predicted molar refractivity (Wildman–Crippen MR) is 117 cm³/mol. The van der Waals surface area contributed by atoms with Crippen LogP contribution in [0.25, 0.3) is 0 Å². The molecule has 1 N–H and O–H groups in total. The third-order valence-electron chi connectivity index (χ3n) is 4.25.